The van der Waals surface area contributed by atoms with Crippen molar-refractivity contribution in [2.75, 3.05) is 7.11 Å². The Bertz CT molecular complexity index is 868. The summed E-state index contributed by atoms with van der Waals surface area (Å²) in [5.41, 5.74) is 2.71. The highest BCUT2D eigenvalue weighted by Gasteiger charge is 2.13. The minimum Gasteiger partial charge on any atom is -0.493 e. The van der Waals surface area contributed by atoms with Gasteiger partial charge in [0.2, 0.25) is 0 Å². The Hall–Kier alpha value is -2.27. The molecule has 0 spiro atoms. The molecule has 2 aromatic carbocycles. The summed E-state index contributed by atoms with van der Waals surface area (Å²) in [7, 11) is 1.62. The minimum atomic E-state index is 0.256. The Morgan fingerprint density at radius 1 is 0.926 bits per heavy atom. The molecule has 140 valence electrons. The lowest BCUT2D eigenvalue weighted by atomic mass is 10.1. The molecule has 1 aromatic heterocycles. The lowest BCUT2D eigenvalue weighted by Gasteiger charge is -2.16. The van der Waals surface area contributed by atoms with Crippen molar-refractivity contribution in [3.63, 3.8) is 0 Å². The smallest absolute Gasteiger partial charge is 0.166 e. The van der Waals surface area contributed by atoms with Crippen molar-refractivity contribution in [2.45, 2.75) is 19.7 Å². The fourth-order valence-corrected chi connectivity index (χ4v) is 3.17. The van der Waals surface area contributed by atoms with Crippen LogP contribution in [0.4, 0.5) is 0 Å². The lowest BCUT2D eigenvalue weighted by Crippen LogP contribution is -2.14. The van der Waals surface area contributed by atoms with E-state index >= 15 is 0 Å². The summed E-state index contributed by atoms with van der Waals surface area (Å²) in [6.45, 7) is 1.53. The fraction of sp³-hybridized carbons (Fsp3) is 0.190. The van der Waals surface area contributed by atoms with Crippen LogP contribution < -0.4 is 14.8 Å². The second kappa shape index (κ2) is 9.60. The van der Waals surface area contributed by atoms with Crippen LogP contribution in [0.5, 0.6) is 11.5 Å². The Kier molecular flexibility index (Phi) is 6.93. The molecule has 1 N–H and O–H groups in total. The van der Waals surface area contributed by atoms with E-state index in [4.69, 9.17) is 32.7 Å². The van der Waals surface area contributed by atoms with Gasteiger partial charge in [0.1, 0.15) is 6.61 Å². The number of hydrogen-bond donors (Lipinski definition) is 1. The number of rotatable bonds is 8. The molecule has 27 heavy (non-hydrogen) atoms. The van der Waals surface area contributed by atoms with Crippen LogP contribution in [0.15, 0.2) is 60.8 Å². The molecule has 0 atom stereocenters. The number of benzene rings is 2. The first-order valence-electron chi connectivity index (χ1n) is 8.51. The average Bonchev–Trinajstić information content (AvgIpc) is 2.69. The Morgan fingerprint density at radius 2 is 1.70 bits per heavy atom. The zero-order valence-electron chi connectivity index (χ0n) is 14.9. The Labute approximate surface area is 169 Å². The van der Waals surface area contributed by atoms with Gasteiger partial charge in [-0.2, -0.15) is 0 Å². The summed E-state index contributed by atoms with van der Waals surface area (Å²) < 4.78 is 11.5. The van der Waals surface area contributed by atoms with E-state index < -0.39 is 0 Å². The number of ether oxygens (including phenoxy) is 2. The molecular formula is C21H20Cl2N2O2. The van der Waals surface area contributed by atoms with Crippen LogP contribution in [-0.2, 0) is 19.7 Å². The van der Waals surface area contributed by atoms with Gasteiger partial charge < -0.3 is 14.8 Å². The molecule has 0 aliphatic heterocycles. The molecular weight excluding hydrogens is 383 g/mol. The van der Waals surface area contributed by atoms with Crippen molar-refractivity contribution in [2.24, 2.45) is 0 Å². The number of pyridine rings is 1. The Morgan fingerprint density at radius 3 is 2.41 bits per heavy atom. The van der Waals surface area contributed by atoms with Crippen LogP contribution in [0, 0.1) is 0 Å². The highest BCUT2D eigenvalue weighted by molar-refractivity contribution is 6.35. The second-order valence-electron chi connectivity index (χ2n) is 5.86. The zero-order valence-corrected chi connectivity index (χ0v) is 16.4. The molecule has 0 bridgehead atoms. The molecule has 4 nitrogen and oxygen atoms in total. The van der Waals surface area contributed by atoms with E-state index in [0.717, 1.165) is 16.8 Å². The topological polar surface area (TPSA) is 43.4 Å². The summed E-state index contributed by atoms with van der Waals surface area (Å²) in [5.74, 6) is 1.33. The normalized spacial score (nSPS) is 10.6. The standard InChI is InChI=1S/C21H20Cl2N2O2/c1-26-20-10-4-6-15(12-24-13-16-7-2-3-11-25-16)21(20)27-14-17-18(22)8-5-9-19(17)23/h2-11,24H,12-14H2,1H3. The van der Waals surface area contributed by atoms with E-state index in [1.807, 2.05) is 42.5 Å². The molecule has 3 rings (SSSR count). The van der Waals surface area contributed by atoms with Crippen molar-refractivity contribution >= 4 is 23.2 Å². The van der Waals surface area contributed by atoms with Crippen LogP contribution in [0.25, 0.3) is 0 Å². The molecule has 0 radical (unpaired) electrons. The van der Waals surface area contributed by atoms with E-state index in [1.54, 1.807) is 25.4 Å². The average molecular weight is 403 g/mol. The summed E-state index contributed by atoms with van der Waals surface area (Å²) >= 11 is 12.5. The maximum absolute atomic E-state index is 6.25. The van der Waals surface area contributed by atoms with Gasteiger partial charge in [0.25, 0.3) is 0 Å². The van der Waals surface area contributed by atoms with Gasteiger partial charge in [-0.1, -0.05) is 47.5 Å². The number of para-hydroxylation sites is 1. The summed E-state index contributed by atoms with van der Waals surface area (Å²) in [6.07, 6.45) is 1.78. The lowest BCUT2D eigenvalue weighted by molar-refractivity contribution is 0.280. The summed E-state index contributed by atoms with van der Waals surface area (Å²) in [4.78, 5) is 4.31. The van der Waals surface area contributed by atoms with E-state index in [0.29, 0.717) is 34.6 Å². The van der Waals surface area contributed by atoms with Gasteiger partial charge in [0.05, 0.1) is 12.8 Å². The molecule has 0 amide bonds. The van der Waals surface area contributed by atoms with Crippen LogP contribution in [-0.4, -0.2) is 12.1 Å². The highest BCUT2D eigenvalue weighted by Crippen LogP contribution is 2.33. The first kappa shape index (κ1) is 19.5. The Balaban J connectivity index is 1.73. The fourth-order valence-electron chi connectivity index (χ4n) is 2.67. The van der Waals surface area contributed by atoms with E-state index in [9.17, 15) is 0 Å². The zero-order chi connectivity index (χ0) is 19.1. The van der Waals surface area contributed by atoms with Crippen LogP contribution >= 0.6 is 23.2 Å². The van der Waals surface area contributed by atoms with Gasteiger partial charge in [-0.05, 0) is 30.3 Å². The molecule has 3 aromatic rings. The number of nitrogens with zero attached hydrogens (tertiary/aromatic N) is 1. The monoisotopic (exact) mass is 402 g/mol. The second-order valence-corrected chi connectivity index (χ2v) is 6.68. The number of methoxy groups -OCH3 is 1. The van der Waals surface area contributed by atoms with Crippen molar-refractivity contribution in [3.05, 3.63) is 87.7 Å². The molecule has 0 aliphatic carbocycles. The van der Waals surface area contributed by atoms with Gasteiger partial charge in [0.15, 0.2) is 11.5 Å². The highest BCUT2D eigenvalue weighted by atomic mass is 35.5. The molecule has 0 fully saturated rings. The molecule has 1 heterocycles. The van der Waals surface area contributed by atoms with Gasteiger partial charge in [-0.3, -0.25) is 4.98 Å². The first-order chi connectivity index (χ1) is 13.2. The number of hydrogen-bond acceptors (Lipinski definition) is 4. The third-order valence-electron chi connectivity index (χ3n) is 4.05. The van der Waals surface area contributed by atoms with E-state index in [1.165, 1.54) is 0 Å². The molecule has 0 unspecified atom stereocenters. The molecule has 0 saturated heterocycles. The van der Waals surface area contributed by atoms with Crippen molar-refractivity contribution in [1.29, 1.82) is 0 Å². The number of nitrogens with one attached hydrogen (secondary N) is 1. The maximum Gasteiger partial charge on any atom is 0.166 e. The van der Waals surface area contributed by atoms with Crippen LogP contribution in [0.3, 0.4) is 0 Å². The largest absolute Gasteiger partial charge is 0.493 e. The first-order valence-corrected chi connectivity index (χ1v) is 9.27. The summed E-state index contributed by atoms with van der Waals surface area (Å²) in [6, 6.07) is 17.1. The molecule has 6 heteroatoms. The predicted molar refractivity (Wildman–Crippen MR) is 109 cm³/mol. The number of halogens is 2. The van der Waals surface area contributed by atoms with Gasteiger partial charge in [0, 0.05) is 40.5 Å². The minimum absolute atomic E-state index is 0.256. The van der Waals surface area contributed by atoms with Crippen molar-refractivity contribution < 1.29 is 9.47 Å². The van der Waals surface area contributed by atoms with Gasteiger partial charge in [-0.25, -0.2) is 0 Å². The van der Waals surface area contributed by atoms with Crippen molar-refractivity contribution in [3.8, 4) is 11.5 Å². The summed E-state index contributed by atoms with van der Waals surface area (Å²) in [5, 5.41) is 4.53. The third kappa shape index (κ3) is 5.13. The van der Waals surface area contributed by atoms with Gasteiger partial charge >= 0.3 is 0 Å². The van der Waals surface area contributed by atoms with Gasteiger partial charge in [-0.15, -0.1) is 0 Å². The predicted octanol–water partition coefficient (Wildman–Crippen LogP) is 5.27. The van der Waals surface area contributed by atoms with Crippen LogP contribution in [0.1, 0.15) is 16.8 Å². The SMILES string of the molecule is COc1cccc(CNCc2ccccn2)c1OCc1c(Cl)cccc1Cl. The van der Waals surface area contributed by atoms with Crippen LogP contribution in [0.2, 0.25) is 10.0 Å². The van der Waals surface area contributed by atoms with E-state index in [-0.39, 0.29) is 6.61 Å². The van der Waals surface area contributed by atoms with E-state index in [2.05, 4.69) is 10.3 Å². The molecule has 0 aliphatic rings. The van der Waals surface area contributed by atoms with Crippen molar-refractivity contribution in [1.82, 2.24) is 10.3 Å². The quantitative estimate of drug-likeness (QED) is 0.557. The maximum atomic E-state index is 6.25. The number of aromatic nitrogens is 1. The third-order valence-corrected chi connectivity index (χ3v) is 4.76. The molecule has 0 saturated carbocycles.